The maximum Gasteiger partial charge on any atom is 0.352 e. The van der Waals surface area contributed by atoms with Gasteiger partial charge in [0.15, 0.2) is 0 Å². The van der Waals surface area contributed by atoms with Gasteiger partial charge in [-0.25, -0.2) is 4.79 Å². The average molecular weight is 504 g/mol. The first-order valence-electron chi connectivity index (χ1n) is 13.8. The quantitative estimate of drug-likeness (QED) is 0.208. The highest BCUT2D eigenvalue weighted by atomic mass is 16.5. The number of aromatic nitrogens is 1. The van der Waals surface area contributed by atoms with E-state index in [9.17, 15) is 9.90 Å². The molecular formula is C34H33NO3. The van der Waals surface area contributed by atoms with Crippen molar-refractivity contribution in [3.8, 4) is 16.9 Å². The lowest BCUT2D eigenvalue weighted by atomic mass is 9.83. The van der Waals surface area contributed by atoms with Crippen LogP contribution < -0.4 is 4.74 Å². The van der Waals surface area contributed by atoms with E-state index in [4.69, 9.17) is 4.74 Å². The van der Waals surface area contributed by atoms with Crippen molar-refractivity contribution in [2.75, 3.05) is 6.61 Å². The number of carboxylic acids is 1. The molecule has 38 heavy (non-hydrogen) atoms. The van der Waals surface area contributed by atoms with E-state index in [2.05, 4.69) is 53.5 Å². The molecule has 0 bridgehead atoms. The maximum absolute atomic E-state index is 12.2. The fourth-order valence-corrected chi connectivity index (χ4v) is 6.08. The van der Waals surface area contributed by atoms with Crippen LogP contribution in [0.3, 0.4) is 0 Å². The number of carboxylic acid groups (broad SMARTS) is 1. The minimum atomic E-state index is -0.926. The number of aromatic carboxylic acids is 1. The molecule has 1 aromatic heterocycles. The third-order valence-electron chi connectivity index (χ3n) is 8.03. The summed E-state index contributed by atoms with van der Waals surface area (Å²) in [5, 5.41) is 13.2. The lowest BCUT2D eigenvalue weighted by Gasteiger charge is -2.22. The Morgan fingerprint density at radius 2 is 1.58 bits per heavy atom. The van der Waals surface area contributed by atoms with Gasteiger partial charge < -0.3 is 14.8 Å². The summed E-state index contributed by atoms with van der Waals surface area (Å²) in [6, 6.07) is 29.3. The van der Waals surface area contributed by atoms with Gasteiger partial charge in [0.1, 0.15) is 11.4 Å². The van der Waals surface area contributed by atoms with E-state index in [-0.39, 0.29) is 5.69 Å². The summed E-state index contributed by atoms with van der Waals surface area (Å²) in [5.41, 5.74) is 5.58. The van der Waals surface area contributed by atoms with Crippen molar-refractivity contribution in [1.29, 1.82) is 0 Å². The van der Waals surface area contributed by atoms with Crippen LogP contribution in [0.4, 0.5) is 0 Å². The summed E-state index contributed by atoms with van der Waals surface area (Å²) in [4.78, 5) is 15.4. The number of benzene rings is 4. The van der Waals surface area contributed by atoms with Gasteiger partial charge in [0.2, 0.25) is 0 Å². The van der Waals surface area contributed by atoms with Gasteiger partial charge in [0.05, 0.1) is 12.1 Å². The topological polar surface area (TPSA) is 62.3 Å². The van der Waals surface area contributed by atoms with E-state index < -0.39 is 5.97 Å². The fourth-order valence-electron chi connectivity index (χ4n) is 6.08. The zero-order chi connectivity index (χ0) is 25.9. The van der Waals surface area contributed by atoms with E-state index >= 15 is 0 Å². The smallest absolute Gasteiger partial charge is 0.352 e. The van der Waals surface area contributed by atoms with Crippen molar-refractivity contribution in [2.24, 2.45) is 0 Å². The summed E-state index contributed by atoms with van der Waals surface area (Å²) in [5.74, 6) is 0.601. The van der Waals surface area contributed by atoms with Crippen molar-refractivity contribution in [3.05, 3.63) is 102 Å². The Morgan fingerprint density at radius 1 is 0.842 bits per heavy atom. The second-order valence-electron chi connectivity index (χ2n) is 10.4. The van der Waals surface area contributed by atoms with Crippen LogP contribution >= 0.6 is 0 Å². The molecule has 4 heteroatoms. The molecule has 0 spiro atoms. The summed E-state index contributed by atoms with van der Waals surface area (Å²) in [7, 11) is 0. The van der Waals surface area contributed by atoms with Gasteiger partial charge in [0.25, 0.3) is 0 Å². The van der Waals surface area contributed by atoms with Crippen LogP contribution in [0.25, 0.3) is 32.8 Å². The maximum atomic E-state index is 12.2. The van der Waals surface area contributed by atoms with Gasteiger partial charge in [-0.3, -0.25) is 0 Å². The van der Waals surface area contributed by atoms with Gasteiger partial charge in [0, 0.05) is 16.3 Å². The number of carbonyl (C=O) groups is 1. The Balaban J connectivity index is 1.23. The first-order valence-corrected chi connectivity index (χ1v) is 13.8. The van der Waals surface area contributed by atoms with Gasteiger partial charge in [-0.2, -0.15) is 0 Å². The first kappa shape index (κ1) is 24.3. The molecule has 0 saturated heterocycles. The van der Waals surface area contributed by atoms with Crippen LogP contribution in [-0.4, -0.2) is 22.7 Å². The number of H-pyrrole nitrogens is 1. The molecule has 4 nitrogen and oxygen atoms in total. The number of fused-ring (bicyclic) bond motifs is 2. The van der Waals surface area contributed by atoms with Crippen molar-refractivity contribution in [1.82, 2.24) is 4.98 Å². The molecule has 2 N–H and O–H groups in total. The Bertz CT molecular complexity index is 1570. The Kier molecular flexibility index (Phi) is 6.87. The predicted octanol–water partition coefficient (Wildman–Crippen LogP) is 8.75. The van der Waals surface area contributed by atoms with Crippen LogP contribution in [0, 0.1) is 0 Å². The number of hydrogen-bond donors (Lipinski definition) is 2. The standard InChI is InChI=1S/C34H33NO3/c36-34(37)33-30(16-8-22-38-31-17-6-12-25-11-4-5-13-27(25)31)29-15-7-14-28(32(29)35-33)26-20-18-24(19-21-26)23-9-2-1-3-10-23/h4-7,11-15,17-21,23,35H,1-3,8-10,16,22H2,(H,36,37). The summed E-state index contributed by atoms with van der Waals surface area (Å²) < 4.78 is 6.13. The minimum absolute atomic E-state index is 0.274. The molecule has 6 rings (SSSR count). The molecule has 1 aliphatic carbocycles. The third kappa shape index (κ3) is 4.79. The molecule has 1 saturated carbocycles. The number of nitrogens with one attached hydrogen (secondary N) is 1. The zero-order valence-corrected chi connectivity index (χ0v) is 21.6. The molecule has 1 aliphatic rings. The monoisotopic (exact) mass is 503 g/mol. The van der Waals surface area contributed by atoms with Gasteiger partial charge >= 0.3 is 5.97 Å². The molecule has 1 heterocycles. The summed E-state index contributed by atoms with van der Waals surface area (Å²) >= 11 is 0. The minimum Gasteiger partial charge on any atom is -0.493 e. The highest BCUT2D eigenvalue weighted by Gasteiger charge is 2.20. The van der Waals surface area contributed by atoms with Crippen LogP contribution in [-0.2, 0) is 6.42 Å². The lowest BCUT2D eigenvalue weighted by Crippen LogP contribution is -2.04. The van der Waals surface area contributed by atoms with Gasteiger partial charge in [-0.15, -0.1) is 0 Å². The van der Waals surface area contributed by atoms with Crippen molar-refractivity contribution in [3.63, 3.8) is 0 Å². The number of para-hydroxylation sites is 1. The molecule has 0 atom stereocenters. The van der Waals surface area contributed by atoms with Crippen molar-refractivity contribution < 1.29 is 14.6 Å². The molecule has 0 radical (unpaired) electrons. The van der Waals surface area contributed by atoms with E-state index in [1.54, 1.807) is 0 Å². The lowest BCUT2D eigenvalue weighted by molar-refractivity contribution is 0.0690. The molecule has 4 aromatic carbocycles. The highest BCUT2D eigenvalue weighted by Crippen LogP contribution is 2.36. The van der Waals surface area contributed by atoms with Crippen LogP contribution in [0.2, 0.25) is 0 Å². The molecule has 192 valence electrons. The summed E-state index contributed by atoms with van der Waals surface area (Å²) in [6.07, 6.45) is 7.90. The molecular weight excluding hydrogens is 470 g/mol. The number of aryl methyl sites for hydroxylation is 1. The van der Waals surface area contributed by atoms with Gasteiger partial charge in [-0.05, 0) is 59.7 Å². The van der Waals surface area contributed by atoms with E-state index in [1.807, 2.05) is 36.4 Å². The highest BCUT2D eigenvalue weighted by molar-refractivity contribution is 6.03. The molecule has 5 aromatic rings. The van der Waals surface area contributed by atoms with Gasteiger partial charge in [-0.1, -0.05) is 98.1 Å². The van der Waals surface area contributed by atoms with Crippen molar-refractivity contribution >= 4 is 27.6 Å². The first-order chi connectivity index (χ1) is 18.7. The largest absolute Gasteiger partial charge is 0.493 e. The predicted molar refractivity (Wildman–Crippen MR) is 154 cm³/mol. The Morgan fingerprint density at radius 3 is 2.39 bits per heavy atom. The van der Waals surface area contributed by atoms with Crippen LogP contribution in [0.1, 0.15) is 66.1 Å². The number of hydrogen-bond acceptors (Lipinski definition) is 2. The Hall–Kier alpha value is -4.05. The SMILES string of the molecule is O=C(O)c1[nH]c2c(-c3ccc(C4CCCCC4)cc3)cccc2c1CCCOc1cccc2ccccc12. The Labute approximate surface area is 223 Å². The summed E-state index contributed by atoms with van der Waals surface area (Å²) in [6.45, 7) is 0.516. The number of ether oxygens (including phenoxy) is 1. The van der Waals surface area contributed by atoms with E-state index in [1.165, 1.54) is 37.7 Å². The van der Waals surface area contributed by atoms with Crippen molar-refractivity contribution in [2.45, 2.75) is 50.9 Å². The van der Waals surface area contributed by atoms with Crippen LogP contribution in [0.5, 0.6) is 5.75 Å². The molecule has 1 fully saturated rings. The average Bonchev–Trinajstić information content (AvgIpc) is 3.35. The third-order valence-corrected chi connectivity index (χ3v) is 8.03. The second kappa shape index (κ2) is 10.7. The zero-order valence-electron chi connectivity index (χ0n) is 21.6. The molecule has 0 amide bonds. The molecule has 0 unspecified atom stereocenters. The van der Waals surface area contributed by atoms with E-state index in [0.29, 0.717) is 18.9 Å². The van der Waals surface area contributed by atoms with E-state index in [0.717, 1.165) is 50.5 Å². The van der Waals surface area contributed by atoms with Crippen LogP contribution in [0.15, 0.2) is 84.9 Å². The number of rotatable bonds is 8. The normalized spacial score (nSPS) is 14.2. The fraction of sp³-hybridized carbons (Fsp3) is 0.265. The second-order valence-corrected chi connectivity index (χ2v) is 10.4. The number of aromatic amines is 1. The molecule has 0 aliphatic heterocycles.